The second-order valence-corrected chi connectivity index (χ2v) is 3.71. The molecule has 0 saturated heterocycles. The molecule has 1 rings (SSSR count). The third-order valence-electron chi connectivity index (χ3n) is 2.45. The largest absolute Gasteiger partial charge is 0.399 e. The van der Waals surface area contributed by atoms with E-state index >= 15 is 0 Å². The minimum absolute atomic E-state index is 0.0218. The summed E-state index contributed by atoms with van der Waals surface area (Å²) in [6.45, 7) is 2.78. The van der Waals surface area contributed by atoms with Crippen LogP contribution < -0.4 is 5.73 Å². The van der Waals surface area contributed by atoms with Gasteiger partial charge in [-0.1, -0.05) is 19.1 Å². The molecule has 0 radical (unpaired) electrons. The molecule has 0 amide bonds. The second kappa shape index (κ2) is 5.38. The maximum Gasteiger partial charge on any atom is 0.0975 e. The predicted molar refractivity (Wildman–Crippen MR) is 62.0 cm³/mol. The Morgan fingerprint density at radius 1 is 1.53 bits per heavy atom. The number of nitrogens with zero attached hydrogens (tertiary/aromatic N) is 2. The van der Waals surface area contributed by atoms with Crippen molar-refractivity contribution in [2.75, 3.05) is 12.8 Å². The van der Waals surface area contributed by atoms with E-state index in [4.69, 9.17) is 11.0 Å². The molecular weight excluding hydrogens is 186 g/mol. The molecule has 1 atom stereocenters. The van der Waals surface area contributed by atoms with Crippen LogP contribution in [0, 0.1) is 11.3 Å². The van der Waals surface area contributed by atoms with Crippen molar-refractivity contribution in [3.63, 3.8) is 0 Å². The Balaban J connectivity index is 2.66. The number of anilines is 1. The molecule has 0 heterocycles. The Morgan fingerprint density at radius 2 is 2.27 bits per heavy atom. The van der Waals surface area contributed by atoms with Crippen molar-refractivity contribution in [3.8, 4) is 6.07 Å². The number of hydrogen-bond donors (Lipinski definition) is 1. The van der Waals surface area contributed by atoms with Crippen molar-refractivity contribution in [3.05, 3.63) is 29.8 Å². The van der Waals surface area contributed by atoms with Crippen LogP contribution in [-0.2, 0) is 6.54 Å². The number of benzene rings is 1. The Bertz CT molecular complexity index is 354. The Kier molecular flexibility index (Phi) is 4.14. The van der Waals surface area contributed by atoms with Crippen LogP contribution in [0.2, 0.25) is 0 Å². The van der Waals surface area contributed by atoms with Gasteiger partial charge in [-0.2, -0.15) is 5.26 Å². The smallest absolute Gasteiger partial charge is 0.0975 e. The van der Waals surface area contributed by atoms with E-state index in [2.05, 4.69) is 6.07 Å². The Labute approximate surface area is 91.1 Å². The first-order valence-corrected chi connectivity index (χ1v) is 5.11. The Hall–Kier alpha value is -1.53. The maximum atomic E-state index is 8.91. The fourth-order valence-corrected chi connectivity index (χ4v) is 1.59. The standard InChI is InChI=1S/C12H17N3/c1-3-12(8-13)15(2)9-10-5-4-6-11(14)7-10/h4-7,12H,3,9,14H2,1-2H3. The summed E-state index contributed by atoms with van der Waals surface area (Å²) in [7, 11) is 1.96. The van der Waals surface area contributed by atoms with Crippen molar-refractivity contribution < 1.29 is 0 Å². The van der Waals surface area contributed by atoms with Crippen LogP contribution in [0.5, 0.6) is 0 Å². The monoisotopic (exact) mass is 203 g/mol. The van der Waals surface area contributed by atoms with Gasteiger partial charge in [-0.3, -0.25) is 4.90 Å². The number of nitrogens with two attached hydrogens (primary N) is 1. The van der Waals surface area contributed by atoms with E-state index in [9.17, 15) is 0 Å². The zero-order chi connectivity index (χ0) is 11.3. The van der Waals surface area contributed by atoms with Crippen molar-refractivity contribution in [1.29, 1.82) is 5.26 Å². The van der Waals surface area contributed by atoms with Gasteiger partial charge in [0.05, 0.1) is 12.1 Å². The molecule has 15 heavy (non-hydrogen) atoms. The minimum atomic E-state index is -0.0218. The molecule has 0 saturated carbocycles. The van der Waals surface area contributed by atoms with Gasteiger partial charge >= 0.3 is 0 Å². The van der Waals surface area contributed by atoms with E-state index in [0.29, 0.717) is 0 Å². The van der Waals surface area contributed by atoms with Gasteiger partial charge in [-0.25, -0.2) is 0 Å². The molecule has 0 spiro atoms. The van der Waals surface area contributed by atoms with E-state index in [1.807, 2.05) is 43.1 Å². The lowest BCUT2D eigenvalue weighted by Crippen LogP contribution is -2.29. The van der Waals surface area contributed by atoms with Gasteiger partial charge in [-0.15, -0.1) is 0 Å². The molecule has 0 bridgehead atoms. The molecule has 0 aliphatic heterocycles. The van der Waals surface area contributed by atoms with Crippen LogP contribution in [0.15, 0.2) is 24.3 Å². The fourth-order valence-electron chi connectivity index (χ4n) is 1.59. The molecule has 1 unspecified atom stereocenters. The number of rotatable bonds is 4. The van der Waals surface area contributed by atoms with Gasteiger partial charge in [0, 0.05) is 12.2 Å². The third-order valence-corrected chi connectivity index (χ3v) is 2.45. The van der Waals surface area contributed by atoms with Crippen molar-refractivity contribution in [2.45, 2.75) is 25.9 Å². The van der Waals surface area contributed by atoms with Crippen LogP contribution in [0.1, 0.15) is 18.9 Å². The molecule has 0 aliphatic rings. The zero-order valence-electron chi connectivity index (χ0n) is 9.27. The first-order valence-electron chi connectivity index (χ1n) is 5.11. The quantitative estimate of drug-likeness (QED) is 0.761. The second-order valence-electron chi connectivity index (χ2n) is 3.71. The summed E-state index contributed by atoms with van der Waals surface area (Å²) in [6.07, 6.45) is 0.843. The molecule has 0 fully saturated rings. The molecule has 2 N–H and O–H groups in total. The zero-order valence-corrected chi connectivity index (χ0v) is 9.27. The summed E-state index contributed by atoms with van der Waals surface area (Å²) < 4.78 is 0. The molecule has 1 aromatic rings. The highest BCUT2D eigenvalue weighted by molar-refractivity contribution is 5.40. The summed E-state index contributed by atoms with van der Waals surface area (Å²) in [6, 6.07) is 10.0. The van der Waals surface area contributed by atoms with Gasteiger partial charge in [0.2, 0.25) is 0 Å². The lowest BCUT2D eigenvalue weighted by molar-refractivity contribution is 0.273. The lowest BCUT2D eigenvalue weighted by Gasteiger charge is -2.21. The summed E-state index contributed by atoms with van der Waals surface area (Å²) in [4.78, 5) is 2.04. The van der Waals surface area contributed by atoms with Crippen molar-refractivity contribution in [1.82, 2.24) is 4.90 Å². The number of nitrogen functional groups attached to an aromatic ring is 1. The maximum absolute atomic E-state index is 8.91. The highest BCUT2D eigenvalue weighted by atomic mass is 15.1. The van der Waals surface area contributed by atoms with E-state index in [1.165, 1.54) is 0 Å². The molecule has 3 heteroatoms. The van der Waals surface area contributed by atoms with E-state index in [-0.39, 0.29) is 6.04 Å². The Morgan fingerprint density at radius 3 is 2.80 bits per heavy atom. The molecular formula is C12H17N3. The molecule has 80 valence electrons. The van der Waals surface area contributed by atoms with E-state index < -0.39 is 0 Å². The van der Waals surface area contributed by atoms with Gasteiger partial charge in [-0.05, 0) is 31.2 Å². The summed E-state index contributed by atoms with van der Waals surface area (Å²) in [5.74, 6) is 0. The number of hydrogen-bond acceptors (Lipinski definition) is 3. The molecule has 0 aromatic heterocycles. The average Bonchev–Trinajstić information content (AvgIpc) is 2.19. The van der Waals surface area contributed by atoms with E-state index in [0.717, 1.165) is 24.2 Å². The summed E-state index contributed by atoms with van der Waals surface area (Å²) in [5, 5.41) is 8.91. The minimum Gasteiger partial charge on any atom is -0.399 e. The number of nitriles is 1. The van der Waals surface area contributed by atoms with Crippen LogP contribution >= 0.6 is 0 Å². The van der Waals surface area contributed by atoms with Gasteiger partial charge in [0.15, 0.2) is 0 Å². The topological polar surface area (TPSA) is 53.0 Å². The van der Waals surface area contributed by atoms with E-state index in [1.54, 1.807) is 0 Å². The molecule has 0 aliphatic carbocycles. The molecule has 1 aromatic carbocycles. The van der Waals surface area contributed by atoms with Crippen molar-refractivity contribution >= 4 is 5.69 Å². The lowest BCUT2D eigenvalue weighted by atomic mass is 10.1. The normalized spacial score (nSPS) is 12.4. The highest BCUT2D eigenvalue weighted by Crippen LogP contribution is 2.11. The van der Waals surface area contributed by atoms with Crippen molar-refractivity contribution in [2.24, 2.45) is 0 Å². The predicted octanol–water partition coefficient (Wildman–Crippen LogP) is 2.00. The van der Waals surface area contributed by atoms with Gasteiger partial charge < -0.3 is 5.73 Å². The highest BCUT2D eigenvalue weighted by Gasteiger charge is 2.11. The van der Waals surface area contributed by atoms with Crippen LogP contribution in [-0.4, -0.2) is 18.0 Å². The van der Waals surface area contributed by atoms with Gasteiger partial charge in [0.1, 0.15) is 0 Å². The fraction of sp³-hybridized carbons (Fsp3) is 0.417. The van der Waals surface area contributed by atoms with Crippen LogP contribution in [0.25, 0.3) is 0 Å². The average molecular weight is 203 g/mol. The molecule has 3 nitrogen and oxygen atoms in total. The first kappa shape index (κ1) is 11.5. The van der Waals surface area contributed by atoms with Crippen LogP contribution in [0.3, 0.4) is 0 Å². The SMILES string of the molecule is CCC(C#N)N(C)Cc1cccc(N)c1. The summed E-state index contributed by atoms with van der Waals surface area (Å²) in [5.41, 5.74) is 7.61. The summed E-state index contributed by atoms with van der Waals surface area (Å²) >= 11 is 0. The third kappa shape index (κ3) is 3.26. The van der Waals surface area contributed by atoms with Crippen LogP contribution in [0.4, 0.5) is 5.69 Å². The van der Waals surface area contributed by atoms with Gasteiger partial charge in [0.25, 0.3) is 0 Å². The first-order chi connectivity index (χ1) is 7.17.